The monoisotopic (exact) mass is 256 g/mol. The maximum absolute atomic E-state index is 10.8. The molecule has 0 aliphatic heterocycles. The summed E-state index contributed by atoms with van der Waals surface area (Å²) < 4.78 is 5.64. The lowest BCUT2D eigenvalue weighted by molar-refractivity contribution is 0.0696. The lowest BCUT2D eigenvalue weighted by atomic mass is 10.1. The Morgan fingerprint density at radius 1 is 1.11 bits per heavy atom. The van der Waals surface area contributed by atoms with Crippen LogP contribution in [-0.2, 0) is 18.0 Å². The van der Waals surface area contributed by atoms with Gasteiger partial charge in [-0.2, -0.15) is 0 Å². The van der Waals surface area contributed by atoms with Gasteiger partial charge in [0.15, 0.2) is 0 Å². The third-order valence-corrected chi connectivity index (χ3v) is 2.96. The number of aryl methyl sites for hydroxylation is 1. The minimum Gasteiger partial charge on any atom is -0.478 e. The predicted molar refractivity (Wildman–Crippen MR) is 73.1 cm³/mol. The van der Waals surface area contributed by atoms with Crippen LogP contribution in [0.2, 0.25) is 0 Å². The van der Waals surface area contributed by atoms with Crippen LogP contribution in [0, 0.1) is 6.92 Å². The van der Waals surface area contributed by atoms with E-state index < -0.39 is 5.97 Å². The first-order chi connectivity index (χ1) is 9.16. The lowest BCUT2D eigenvalue weighted by Crippen LogP contribution is -2.00. The molecule has 0 radical (unpaired) electrons. The summed E-state index contributed by atoms with van der Waals surface area (Å²) in [4.78, 5) is 10.8. The molecule has 0 fully saturated rings. The summed E-state index contributed by atoms with van der Waals surface area (Å²) in [5, 5.41) is 8.89. The molecule has 2 rings (SSSR count). The van der Waals surface area contributed by atoms with Crippen LogP contribution in [0.25, 0.3) is 0 Å². The fourth-order valence-corrected chi connectivity index (χ4v) is 1.84. The molecule has 0 heterocycles. The summed E-state index contributed by atoms with van der Waals surface area (Å²) in [6, 6.07) is 15.0. The standard InChI is InChI=1S/C16H16O3/c1-12-9-14(16(17)18)7-8-15(12)11-19-10-13-5-3-2-4-6-13/h2-9H,10-11H2,1H3,(H,17,18). The van der Waals surface area contributed by atoms with Crippen LogP contribution in [0.1, 0.15) is 27.0 Å². The number of rotatable bonds is 5. The van der Waals surface area contributed by atoms with E-state index in [2.05, 4.69) is 0 Å². The molecule has 0 bridgehead atoms. The second kappa shape index (κ2) is 6.16. The number of ether oxygens (including phenoxy) is 1. The molecule has 1 N–H and O–H groups in total. The molecule has 0 spiro atoms. The van der Waals surface area contributed by atoms with Gasteiger partial charge >= 0.3 is 5.97 Å². The molecule has 2 aromatic rings. The topological polar surface area (TPSA) is 46.5 Å². The average molecular weight is 256 g/mol. The number of carbonyl (C=O) groups is 1. The lowest BCUT2D eigenvalue weighted by Gasteiger charge is -2.08. The van der Waals surface area contributed by atoms with Gasteiger partial charge in [0, 0.05) is 0 Å². The number of benzene rings is 2. The summed E-state index contributed by atoms with van der Waals surface area (Å²) in [6.07, 6.45) is 0. The normalized spacial score (nSPS) is 10.4. The predicted octanol–water partition coefficient (Wildman–Crippen LogP) is 3.41. The molecule has 0 aromatic heterocycles. The first-order valence-electron chi connectivity index (χ1n) is 6.11. The molecule has 98 valence electrons. The fourth-order valence-electron chi connectivity index (χ4n) is 1.84. The van der Waals surface area contributed by atoms with E-state index >= 15 is 0 Å². The van der Waals surface area contributed by atoms with E-state index in [1.165, 1.54) is 0 Å². The zero-order valence-electron chi connectivity index (χ0n) is 10.8. The number of carboxylic acid groups (broad SMARTS) is 1. The quantitative estimate of drug-likeness (QED) is 0.891. The largest absolute Gasteiger partial charge is 0.478 e. The zero-order valence-corrected chi connectivity index (χ0v) is 10.8. The van der Waals surface area contributed by atoms with Crippen LogP contribution >= 0.6 is 0 Å². The van der Waals surface area contributed by atoms with Crippen molar-refractivity contribution in [1.29, 1.82) is 0 Å². The molecule has 0 unspecified atom stereocenters. The van der Waals surface area contributed by atoms with E-state index in [9.17, 15) is 4.79 Å². The first kappa shape index (κ1) is 13.3. The maximum Gasteiger partial charge on any atom is 0.335 e. The molecule has 0 saturated carbocycles. The van der Waals surface area contributed by atoms with E-state index in [-0.39, 0.29) is 0 Å². The molecular weight excluding hydrogens is 240 g/mol. The first-order valence-corrected chi connectivity index (χ1v) is 6.11. The Bertz CT molecular complexity index is 561. The highest BCUT2D eigenvalue weighted by molar-refractivity contribution is 5.87. The summed E-state index contributed by atoms with van der Waals surface area (Å²) >= 11 is 0. The number of hydrogen-bond acceptors (Lipinski definition) is 2. The van der Waals surface area contributed by atoms with Crippen molar-refractivity contribution in [2.75, 3.05) is 0 Å². The van der Waals surface area contributed by atoms with Gasteiger partial charge in [-0.25, -0.2) is 4.79 Å². The summed E-state index contributed by atoms with van der Waals surface area (Å²) in [7, 11) is 0. The minimum atomic E-state index is -0.903. The number of hydrogen-bond donors (Lipinski definition) is 1. The van der Waals surface area contributed by atoms with Gasteiger partial charge in [0.25, 0.3) is 0 Å². The SMILES string of the molecule is Cc1cc(C(=O)O)ccc1COCc1ccccc1. The Kier molecular flexibility index (Phi) is 4.31. The third-order valence-electron chi connectivity index (χ3n) is 2.96. The van der Waals surface area contributed by atoms with Crippen molar-refractivity contribution < 1.29 is 14.6 Å². The fraction of sp³-hybridized carbons (Fsp3) is 0.188. The third kappa shape index (κ3) is 3.66. The van der Waals surface area contributed by atoms with Gasteiger partial charge in [-0.05, 0) is 35.7 Å². The van der Waals surface area contributed by atoms with Crippen LogP contribution in [0.4, 0.5) is 0 Å². The molecule has 0 aliphatic carbocycles. The highest BCUT2D eigenvalue weighted by Gasteiger charge is 2.05. The average Bonchev–Trinajstić information content (AvgIpc) is 2.41. The molecule has 0 saturated heterocycles. The molecule has 19 heavy (non-hydrogen) atoms. The maximum atomic E-state index is 10.8. The molecule has 0 atom stereocenters. The molecule has 0 aliphatic rings. The summed E-state index contributed by atoms with van der Waals surface area (Å²) in [5.41, 5.74) is 3.39. The van der Waals surface area contributed by atoms with Crippen LogP contribution in [0.3, 0.4) is 0 Å². The van der Waals surface area contributed by atoms with Crippen molar-refractivity contribution in [3.05, 3.63) is 70.8 Å². The molecule has 0 amide bonds. The van der Waals surface area contributed by atoms with Gasteiger partial charge in [-0.15, -0.1) is 0 Å². The number of aromatic carboxylic acids is 1. The summed E-state index contributed by atoms with van der Waals surface area (Å²) in [6.45, 7) is 2.94. The van der Waals surface area contributed by atoms with Gasteiger partial charge in [0.1, 0.15) is 0 Å². The van der Waals surface area contributed by atoms with Gasteiger partial charge in [-0.3, -0.25) is 0 Å². The van der Waals surface area contributed by atoms with Crippen LogP contribution in [0.15, 0.2) is 48.5 Å². The van der Waals surface area contributed by atoms with Crippen LogP contribution in [-0.4, -0.2) is 11.1 Å². The summed E-state index contributed by atoms with van der Waals surface area (Å²) in [5.74, 6) is -0.903. The van der Waals surface area contributed by atoms with Crippen molar-refractivity contribution in [3.63, 3.8) is 0 Å². The molecular formula is C16H16O3. The Morgan fingerprint density at radius 3 is 2.47 bits per heavy atom. The zero-order chi connectivity index (χ0) is 13.7. The van der Waals surface area contributed by atoms with Gasteiger partial charge in [0.2, 0.25) is 0 Å². The Morgan fingerprint density at radius 2 is 1.84 bits per heavy atom. The molecule has 2 aromatic carbocycles. The van der Waals surface area contributed by atoms with Crippen LogP contribution < -0.4 is 0 Å². The van der Waals surface area contributed by atoms with Crippen LogP contribution in [0.5, 0.6) is 0 Å². The van der Waals surface area contributed by atoms with E-state index in [4.69, 9.17) is 9.84 Å². The molecule has 3 heteroatoms. The van der Waals surface area contributed by atoms with E-state index in [1.807, 2.05) is 43.3 Å². The van der Waals surface area contributed by atoms with Crippen molar-refractivity contribution in [2.45, 2.75) is 20.1 Å². The van der Waals surface area contributed by atoms with Crippen molar-refractivity contribution in [1.82, 2.24) is 0 Å². The van der Waals surface area contributed by atoms with Crippen molar-refractivity contribution >= 4 is 5.97 Å². The highest BCUT2D eigenvalue weighted by atomic mass is 16.5. The van der Waals surface area contributed by atoms with Gasteiger partial charge in [-0.1, -0.05) is 36.4 Å². The van der Waals surface area contributed by atoms with Gasteiger partial charge < -0.3 is 9.84 Å². The number of carboxylic acids is 1. The van der Waals surface area contributed by atoms with E-state index in [1.54, 1.807) is 12.1 Å². The Balaban J connectivity index is 1.95. The van der Waals surface area contributed by atoms with Crippen molar-refractivity contribution in [3.8, 4) is 0 Å². The Hall–Kier alpha value is -2.13. The Labute approximate surface area is 112 Å². The smallest absolute Gasteiger partial charge is 0.335 e. The second-order valence-electron chi connectivity index (χ2n) is 4.42. The molecule has 3 nitrogen and oxygen atoms in total. The van der Waals surface area contributed by atoms with E-state index in [0.717, 1.165) is 16.7 Å². The van der Waals surface area contributed by atoms with Crippen molar-refractivity contribution in [2.24, 2.45) is 0 Å². The second-order valence-corrected chi connectivity index (χ2v) is 4.42. The minimum absolute atomic E-state index is 0.310. The van der Waals surface area contributed by atoms with E-state index in [0.29, 0.717) is 18.8 Å². The van der Waals surface area contributed by atoms with Gasteiger partial charge in [0.05, 0.1) is 18.8 Å². The highest BCUT2D eigenvalue weighted by Crippen LogP contribution is 2.13.